The molecule has 0 fully saturated rings. The van der Waals surface area contributed by atoms with Gasteiger partial charge in [0.05, 0.1) is 7.05 Å². The van der Waals surface area contributed by atoms with Gasteiger partial charge in [-0.15, -0.1) is 0 Å². The molecule has 0 bridgehead atoms. The molecule has 0 aliphatic carbocycles. The van der Waals surface area contributed by atoms with Crippen LogP contribution in [0.25, 0.3) is 0 Å². The van der Waals surface area contributed by atoms with Crippen LogP contribution in [0.1, 0.15) is 48.4 Å². The molecule has 0 saturated carbocycles. The zero-order valence-electron chi connectivity index (χ0n) is 18.5. The first kappa shape index (κ1) is 22.6. The number of benzene rings is 2. The van der Waals surface area contributed by atoms with Crippen molar-refractivity contribution in [2.75, 3.05) is 30.8 Å². The third-order valence-corrected chi connectivity index (χ3v) is 5.24. The minimum atomic E-state index is -0.103. The number of aryl methyl sites for hydroxylation is 3. The van der Waals surface area contributed by atoms with Crippen molar-refractivity contribution in [3.63, 3.8) is 0 Å². The molecule has 2 amide bonds. The lowest BCUT2D eigenvalue weighted by Gasteiger charge is -2.16. The van der Waals surface area contributed by atoms with E-state index in [9.17, 15) is 9.59 Å². The standard InChI is InChI=1S/C24H33N3O2/c1-7-17(3)20-8-10-21(11-9-20)25-22(28)14-27(6)15-23(29)26-24-18(4)12-16(2)13-19(24)5/h8-13,17H,7,14-15H2,1-6H3,(H,25,28)(H,26,29)/p+1/t17-/m1/s1. The molecule has 1 unspecified atom stereocenters. The van der Waals surface area contributed by atoms with E-state index in [2.05, 4.69) is 48.7 Å². The maximum Gasteiger partial charge on any atom is 0.279 e. The summed E-state index contributed by atoms with van der Waals surface area (Å²) in [6.07, 6.45) is 1.09. The van der Waals surface area contributed by atoms with E-state index in [1.54, 1.807) is 0 Å². The van der Waals surface area contributed by atoms with Crippen molar-refractivity contribution in [3.05, 3.63) is 58.7 Å². The SMILES string of the molecule is CC[C@@H](C)c1ccc(NC(=O)C[NH+](C)CC(=O)Nc2c(C)cc(C)cc2C)cc1. The van der Waals surface area contributed by atoms with Gasteiger partial charge < -0.3 is 15.5 Å². The summed E-state index contributed by atoms with van der Waals surface area (Å²) in [7, 11) is 1.85. The summed E-state index contributed by atoms with van der Waals surface area (Å²) in [6.45, 7) is 10.8. The highest BCUT2D eigenvalue weighted by atomic mass is 16.2. The van der Waals surface area contributed by atoms with Gasteiger partial charge in [0.1, 0.15) is 0 Å². The number of nitrogens with one attached hydrogen (secondary N) is 3. The zero-order chi connectivity index (χ0) is 21.6. The highest BCUT2D eigenvalue weighted by molar-refractivity contribution is 5.94. The normalized spacial score (nSPS) is 12.9. The molecule has 29 heavy (non-hydrogen) atoms. The van der Waals surface area contributed by atoms with E-state index in [1.807, 2.05) is 40.0 Å². The largest absolute Gasteiger partial charge is 0.322 e. The van der Waals surface area contributed by atoms with Gasteiger partial charge in [0.15, 0.2) is 13.1 Å². The fourth-order valence-electron chi connectivity index (χ4n) is 3.51. The molecule has 2 aromatic rings. The van der Waals surface area contributed by atoms with Gasteiger partial charge in [0.25, 0.3) is 11.8 Å². The van der Waals surface area contributed by atoms with Crippen molar-refractivity contribution >= 4 is 23.2 Å². The molecule has 0 aliphatic rings. The number of rotatable bonds is 8. The minimum Gasteiger partial charge on any atom is -0.322 e. The topological polar surface area (TPSA) is 62.6 Å². The molecule has 0 heterocycles. The first-order chi connectivity index (χ1) is 13.7. The van der Waals surface area contributed by atoms with E-state index in [0.717, 1.165) is 33.8 Å². The summed E-state index contributed by atoms with van der Waals surface area (Å²) in [5.41, 5.74) is 6.19. The molecule has 5 nitrogen and oxygen atoms in total. The second-order valence-electron chi connectivity index (χ2n) is 8.11. The molecule has 0 aromatic heterocycles. The Morgan fingerprint density at radius 3 is 1.97 bits per heavy atom. The number of amides is 2. The average molecular weight is 397 g/mol. The Kier molecular flexibility index (Phi) is 7.97. The lowest BCUT2D eigenvalue weighted by atomic mass is 9.99. The van der Waals surface area contributed by atoms with Crippen LogP contribution in [0.4, 0.5) is 11.4 Å². The molecule has 2 rings (SSSR count). The van der Waals surface area contributed by atoms with Crippen LogP contribution < -0.4 is 15.5 Å². The van der Waals surface area contributed by atoms with Crippen LogP contribution in [0, 0.1) is 20.8 Å². The molecule has 0 radical (unpaired) electrons. The van der Waals surface area contributed by atoms with Crippen LogP contribution in [0.15, 0.2) is 36.4 Å². The maximum atomic E-state index is 12.4. The Bertz CT molecular complexity index is 836. The van der Waals surface area contributed by atoms with Gasteiger partial charge in [-0.3, -0.25) is 9.59 Å². The molecule has 0 aliphatic heterocycles. The van der Waals surface area contributed by atoms with E-state index < -0.39 is 0 Å². The van der Waals surface area contributed by atoms with Crippen LogP contribution in [0.3, 0.4) is 0 Å². The zero-order valence-corrected chi connectivity index (χ0v) is 18.5. The van der Waals surface area contributed by atoms with Gasteiger partial charge in [-0.05, 0) is 61.9 Å². The van der Waals surface area contributed by atoms with Crippen LogP contribution in [0.2, 0.25) is 0 Å². The summed E-state index contributed by atoms with van der Waals surface area (Å²) in [5.74, 6) is 0.312. The quantitative estimate of drug-likeness (QED) is 0.642. The predicted octanol–water partition coefficient (Wildman–Crippen LogP) is 3.22. The third kappa shape index (κ3) is 6.71. The highest BCUT2D eigenvalue weighted by Gasteiger charge is 2.16. The van der Waals surface area contributed by atoms with Crippen LogP contribution in [-0.2, 0) is 9.59 Å². The summed E-state index contributed by atoms with van der Waals surface area (Å²) >= 11 is 0. The van der Waals surface area contributed by atoms with Gasteiger partial charge in [-0.1, -0.05) is 43.7 Å². The molecule has 0 spiro atoms. The Labute approximate surface area is 174 Å². The smallest absolute Gasteiger partial charge is 0.279 e. The van der Waals surface area contributed by atoms with Crippen molar-refractivity contribution < 1.29 is 14.5 Å². The Hall–Kier alpha value is -2.66. The molecular weight excluding hydrogens is 362 g/mol. The lowest BCUT2D eigenvalue weighted by molar-refractivity contribution is -0.862. The Balaban J connectivity index is 1.86. The number of likely N-dealkylation sites (N-methyl/N-ethyl adjacent to an activating group) is 1. The predicted molar refractivity (Wildman–Crippen MR) is 120 cm³/mol. The summed E-state index contributed by atoms with van der Waals surface area (Å²) < 4.78 is 0. The van der Waals surface area contributed by atoms with Crippen LogP contribution in [0.5, 0.6) is 0 Å². The fraction of sp³-hybridized carbons (Fsp3) is 0.417. The van der Waals surface area contributed by atoms with Crippen molar-refractivity contribution in [2.45, 2.75) is 47.0 Å². The van der Waals surface area contributed by atoms with E-state index in [4.69, 9.17) is 0 Å². The van der Waals surface area contributed by atoms with Crippen molar-refractivity contribution in [2.24, 2.45) is 0 Å². The molecule has 2 atom stereocenters. The van der Waals surface area contributed by atoms with Gasteiger partial charge in [0.2, 0.25) is 0 Å². The van der Waals surface area contributed by atoms with Crippen LogP contribution in [-0.4, -0.2) is 32.0 Å². The third-order valence-electron chi connectivity index (χ3n) is 5.24. The lowest BCUT2D eigenvalue weighted by Crippen LogP contribution is -3.11. The number of anilines is 2. The second kappa shape index (κ2) is 10.2. The van der Waals surface area contributed by atoms with E-state index in [-0.39, 0.29) is 24.9 Å². The first-order valence-electron chi connectivity index (χ1n) is 10.3. The summed E-state index contributed by atoms with van der Waals surface area (Å²) in [5, 5.41) is 5.90. The van der Waals surface area contributed by atoms with E-state index in [0.29, 0.717) is 5.92 Å². The molecular formula is C24H34N3O2+. The number of carbonyl (C=O) groups is 2. The summed E-state index contributed by atoms with van der Waals surface area (Å²) in [4.78, 5) is 25.6. The molecule has 0 saturated heterocycles. The Morgan fingerprint density at radius 2 is 1.45 bits per heavy atom. The van der Waals surface area contributed by atoms with E-state index >= 15 is 0 Å². The monoisotopic (exact) mass is 396 g/mol. The minimum absolute atomic E-state index is 0.0942. The summed E-state index contributed by atoms with van der Waals surface area (Å²) in [6, 6.07) is 12.1. The van der Waals surface area contributed by atoms with Gasteiger partial charge in [-0.25, -0.2) is 0 Å². The fourth-order valence-corrected chi connectivity index (χ4v) is 3.51. The Morgan fingerprint density at radius 1 is 0.931 bits per heavy atom. The highest BCUT2D eigenvalue weighted by Crippen LogP contribution is 2.22. The van der Waals surface area contributed by atoms with Gasteiger partial charge in [0, 0.05) is 11.4 Å². The average Bonchev–Trinajstić information content (AvgIpc) is 2.64. The maximum absolute atomic E-state index is 12.4. The molecule has 156 valence electrons. The number of hydrogen-bond donors (Lipinski definition) is 3. The molecule has 3 N–H and O–H groups in total. The van der Waals surface area contributed by atoms with Gasteiger partial charge in [-0.2, -0.15) is 0 Å². The van der Waals surface area contributed by atoms with Crippen molar-refractivity contribution in [1.82, 2.24) is 0 Å². The van der Waals surface area contributed by atoms with E-state index in [1.165, 1.54) is 11.1 Å². The van der Waals surface area contributed by atoms with Crippen molar-refractivity contribution in [3.8, 4) is 0 Å². The van der Waals surface area contributed by atoms with Crippen LogP contribution >= 0.6 is 0 Å². The molecule has 5 heteroatoms. The second-order valence-corrected chi connectivity index (χ2v) is 8.11. The number of hydrogen-bond acceptors (Lipinski definition) is 2. The molecule has 2 aromatic carbocycles. The van der Waals surface area contributed by atoms with Gasteiger partial charge >= 0.3 is 0 Å². The number of quaternary nitrogens is 1. The number of carbonyl (C=O) groups excluding carboxylic acids is 2. The first-order valence-corrected chi connectivity index (χ1v) is 10.3. The van der Waals surface area contributed by atoms with Crippen molar-refractivity contribution in [1.29, 1.82) is 0 Å².